The summed E-state index contributed by atoms with van der Waals surface area (Å²) in [5.41, 5.74) is 1.37. The molecule has 1 aliphatic heterocycles. The summed E-state index contributed by atoms with van der Waals surface area (Å²) < 4.78 is 47.7. The van der Waals surface area contributed by atoms with Gasteiger partial charge in [-0.15, -0.1) is 0 Å². The number of nitrogens with one attached hydrogen (secondary N) is 2. The lowest BCUT2D eigenvalue weighted by molar-refractivity contribution is -0.141. The van der Waals surface area contributed by atoms with Crippen LogP contribution in [0.2, 0.25) is 0 Å². The molecule has 4 heterocycles. The fraction of sp³-hybridized carbons (Fsp3) is 0.400. The van der Waals surface area contributed by atoms with E-state index in [4.69, 9.17) is 1.37 Å². The molecule has 0 spiro atoms. The van der Waals surface area contributed by atoms with Gasteiger partial charge in [-0.05, 0) is 62.1 Å². The van der Waals surface area contributed by atoms with Crippen molar-refractivity contribution in [3.63, 3.8) is 0 Å². The zero-order chi connectivity index (χ0) is 27.1. The molecular formula is C25H28F3N7O. The molecule has 2 amide bonds. The lowest BCUT2D eigenvalue weighted by Crippen LogP contribution is -2.40. The molecule has 1 saturated heterocycles. The van der Waals surface area contributed by atoms with E-state index in [0.29, 0.717) is 22.6 Å². The summed E-state index contributed by atoms with van der Waals surface area (Å²) >= 11 is 0. The van der Waals surface area contributed by atoms with Gasteiger partial charge in [0.15, 0.2) is 0 Å². The van der Waals surface area contributed by atoms with Crippen molar-refractivity contribution in [2.24, 2.45) is 5.92 Å². The first-order valence-electron chi connectivity index (χ1n) is 12.0. The summed E-state index contributed by atoms with van der Waals surface area (Å²) in [7, 11) is 0. The second-order valence-electron chi connectivity index (χ2n) is 9.13. The maximum absolute atomic E-state index is 13.1. The van der Waals surface area contributed by atoms with E-state index in [9.17, 15) is 18.0 Å². The maximum Gasteiger partial charge on any atom is 0.433 e. The number of pyridine rings is 2. The van der Waals surface area contributed by atoms with Crippen LogP contribution < -0.4 is 15.5 Å². The van der Waals surface area contributed by atoms with Crippen LogP contribution in [0.3, 0.4) is 0 Å². The molecule has 1 fully saturated rings. The third kappa shape index (κ3) is 5.09. The Hall–Kier alpha value is -3.76. The predicted octanol–water partition coefficient (Wildman–Crippen LogP) is 5.38. The fourth-order valence-corrected chi connectivity index (χ4v) is 4.36. The minimum absolute atomic E-state index is 0.00467. The van der Waals surface area contributed by atoms with Crippen molar-refractivity contribution >= 4 is 17.8 Å². The molecule has 4 rings (SSSR count). The number of rotatable bonds is 6. The third-order valence-corrected chi connectivity index (χ3v) is 6.05. The Balaban J connectivity index is 1.55. The van der Waals surface area contributed by atoms with Gasteiger partial charge < -0.3 is 10.6 Å². The summed E-state index contributed by atoms with van der Waals surface area (Å²) in [6, 6.07) is 3.59. The molecule has 3 atom stereocenters. The average molecular weight is 501 g/mol. The molecule has 11 heteroatoms. The number of anilines is 2. The molecule has 0 saturated carbocycles. The fourth-order valence-electron chi connectivity index (χ4n) is 4.36. The number of halogens is 3. The summed E-state index contributed by atoms with van der Waals surface area (Å²) in [5, 5.41) is 5.86. The van der Waals surface area contributed by atoms with E-state index in [1.807, 2.05) is 20.8 Å². The van der Waals surface area contributed by atoms with Gasteiger partial charge in [0.05, 0.1) is 19.1 Å². The largest absolute Gasteiger partial charge is 0.433 e. The van der Waals surface area contributed by atoms with Gasteiger partial charge in [-0.2, -0.15) is 18.2 Å². The lowest BCUT2D eigenvalue weighted by atomic mass is 9.98. The molecule has 0 aromatic carbocycles. The number of carbonyl (C=O) groups excluding carboxylic acids is 1. The van der Waals surface area contributed by atoms with Gasteiger partial charge in [-0.1, -0.05) is 13.8 Å². The minimum atomic E-state index is -4.53. The van der Waals surface area contributed by atoms with E-state index < -0.39 is 30.0 Å². The van der Waals surface area contributed by atoms with Crippen molar-refractivity contribution in [1.82, 2.24) is 25.3 Å². The standard InChI is InChI=1S/C25H28F3N7O/c1-13(2)22-16(5)33-24(36)35(22)21-7-9-30-23(34-21)32-15(4)19-10-14(3)18(12-31-19)17-6-8-29-20(11-17)25(26,27)28/h6-13,15-16,22H,1-5H3,(H,33,36)(H,30,32,34)/t15-,16?,22-/m0/s1/i16D. The van der Waals surface area contributed by atoms with E-state index in [1.165, 1.54) is 23.4 Å². The third-order valence-electron chi connectivity index (χ3n) is 6.05. The van der Waals surface area contributed by atoms with Crippen molar-refractivity contribution in [3.05, 3.63) is 59.8 Å². The second-order valence-corrected chi connectivity index (χ2v) is 9.13. The van der Waals surface area contributed by atoms with Gasteiger partial charge >= 0.3 is 12.2 Å². The normalized spacial score (nSPS) is 21.4. The van der Waals surface area contributed by atoms with Crippen LogP contribution in [0.5, 0.6) is 0 Å². The zero-order valence-corrected chi connectivity index (χ0v) is 20.6. The molecule has 1 aliphatic rings. The van der Waals surface area contributed by atoms with Gasteiger partial charge in [0.1, 0.15) is 11.5 Å². The summed E-state index contributed by atoms with van der Waals surface area (Å²) in [6.07, 6.45) is -0.333. The number of urea groups is 1. The van der Waals surface area contributed by atoms with Crippen molar-refractivity contribution in [1.29, 1.82) is 0 Å². The van der Waals surface area contributed by atoms with Gasteiger partial charge in [-0.25, -0.2) is 9.78 Å². The Bertz CT molecular complexity index is 1320. The maximum atomic E-state index is 13.1. The summed E-state index contributed by atoms with van der Waals surface area (Å²) in [4.78, 5) is 30.8. The Kier molecular flexibility index (Phi) is 6.46. The summed E-state index contributed by atoms with van der Waals surface area (Å²) in [6.45, 7) is 9.20. The molecule has 36 heavy (non-hydrogen) atoms. The van der Waals surface area contributed by atoms with Gasteiger partial charge in [0.25, 0.3) is 0 Å². The Morgan fingerprint density at radius 3 is 2.53 bits per heavy atom. The molecule has 0 radical (unpaired) electrons. The average Bonchev–Trinajstić information content (AvgIpc) is 3.06. The van der Waals surface area contributed by atoms with Crippen molar-refractivity contribution in [2.45, 2.75) is 58.9 Å². The van der Waals surface area contributed by atoms with Crippen LogP contribution in [0.4, 0.5) is 29.7 Å². The van der Waals surface area contributed by atoms with E-state index in [0.717, 1.165) is 17.8 Å². The Morgan fingerprint density at radius 1 is 1.14 bits per heavy atom. The smallest absolute Gasteiger partial charge is 0.346 e. The highest BCUT2D eigenvalue weighted by atomic mass is 19.4. The highest BCUT2D eigenvalue weighted by Gasteiger charge is 2.40. The van der Waals surface area contributed by atoms with Crippen LogP contribution in [0.1, 0.15) is 52.1 Å². The predicted molar refractivity (Wildman–Crippen MR) is 130 cm³/mol. The molecular weight excluding hydrogens is 471 g/mol. The number of hydrogen-bond donors (Lipinski definition) is 2. The molecule has 0 bridgehead atoms. The number of hydrogen-bond acceptors (Lipinski definition) is 6. The van der Waals surface area contributed by atoms with E-state index in [-0.39, 0.29) is 17.9 Å². The topological polar surface area (TPSA) is 95.9 Å². The molecule has 0 aliphatic carbocycles. The Labute approximate surface area is 208 Å². The van der Waals surface area contributed by atoms with Gasteiger partial charge in [0.2, 0.25) is 5.95 Å². The number of nitrogens with zero attached hydrogens (tertiary/aromatic N) is 5. The van der Waals surface area contributed by atoms with E-state index in [1.54, 1.807) is 26.0 Å². The Morgan fingerprint density at radius 2 is 1.86 bits per heavy atom. The quantitative estimate of drug-likeness (QED) is 0.472. The molecule has 8 nitrogen and oxygen atoms in total. The van der Waals surface area contributed by atoms with Crippen molar-refractivity contribution in [2.75, 3.05) is 10.2 Å². The van der Waals surface area contributed by atoms with Crippen LogP contribution in [0.25, 0.3) is 11.1 Å². The molecule has 3 aromatic heterocycles. The number of aromatic nitrogens is 4. The van der Waals surface area contributed by atoms with Crippen LogP contribution >= 0.6 is 0 Å². The monoisotopic (exact) mass is 500 g/mol. The minimum Gasteiger partial charge on any atom is -0.346 e. The molecule has 2 N–H and O–H groups in total. The van der Waals surface area contributed by atoms with Gasteiger partial charge in [-0.3, -0.25) is 14.9 Å². The van der Waals surface area contributed by atoms with Crippen molar-refractivity contribution in [3.8, 4) is 11.1 Å². The first kappa shape index (κ1) is 24.0. The first-order valence-corrected chi connectivity index (χ1v) is 11.5. The number of carbonyl (C=O) groups is 1. The number of alkyl halides is 3. The summed E-state index contributed by atoms with van der Waals surface area (Å²) in [5.74, 6) is 0.644. The van der Waals surface area contributed by atoms with Crippen LogP contribution in [-0.4, -0.2) is 38.0 Å². The highest BCUT2D eigenvalue weighted by Crippen LogP contribution is 2.32. The van der Waals surface area contributed by atoms with Crippen molar-refractivity contribution < 1.29 is 19.3 Å². The second kappa shape index (κ2) is 9.71. The zero-order valence-electron chi connectivity index (χ0n) is 21.6. The van der Waals surface area contributed by atoms with E-state index >= 15 is 0 Å². The van der Waals surface area contributed by atoms with Crippen LogP contribution in [0, 0.1) is 12.8 Å². The van der Waals surface area contributed by atoms with Crippen LogP contribution in [0.15, 0.2) is 42.9 Å². The molecule has 3 aromatic rings. The van der Waals surface area contributed by atoms with Crippen LogP contribution in [-0.2, 0) is 6.18 Å². The molecule has 190 valence electrons. The molecule has 1 unspecified atom stereocenters. The van der Waals surface area contributed by atoms with E-state index in [2.05, 4.69) is 30.6 Å². The SMILES string of the molecule is [2H]C1(C)NC(=O)N(c2ccnc(N[C@@H](C)c3cc(C)c(-c4ccnc(C(F)(F)F)c4)cn3)n2)[C@H]1C(C)C. The first-order chi connectivity index (χ1) is 17.3. The number of aryl methyl sites for hydroxylation is 1. The number of amides is 2. The highest BCUT2D eigenvalue weighted by molar-refractivity contribution is 5.94. The lowest BCUT2D eigenvalue weighted by Gasteiger charge is -2.27. The van der Waals surface area contributed by atoms with Gasteiger partial charge in [0, 0.05) is 30.2 Å².